The van der Waals surface area contributed by atoms with Gasteiger partial charge in [0.25, 0.3) is 0 Å². The van der Waals surface area contributed by atoms with Crippen LogP contribution in [-0.4, -0.2) is 11.1 Å². The Morgan fingerprint density at radius 1 is 1.00 bits per heavy atom. The molecule has 120 valence electrons. The first-order chi connectivity index (χ1) is 10.2. The van der Waals surface area contributed by atoms with Crippen LogP contribution in [0.5, 0.6) is 0 Å². The van der Waals surface area contributed by atoms with Crippen LogP contribution in [0, 0.1) is 0 Å². The van der Waals surface area contributed by atoms with Gasteiger partial charge in [-0.1, -0.05) is 56.6 Å². The van der Waals surface area contributed by atoms with Crippen LogP contribution < -0.4 is 56.5 Å². The van der Waals surface area contributed by atoms with E-state index in [1.165, 1.54) is 6.42 Å². The second-order valence-electron chi connectivity index (χ2n) is 5.16. The summed E-state index contributed by atoms with van der Waals surface area (Å²) in [6, 6.07) is 0. The van der Waals surface area contributed by atoms with E-state index in [-0.39, 0.29) is 57.1 Å². The molecule has 3 nitrogen and oxygen atoms in total. The van der Waals surface area contributed by atoms with Gasteiger partial charge in [-0.3, -0.25) is 4.79 Å². The van der Waals surface area contributed by atoms with E-state index < -0.39 is 5.97 Å². The van der Waals surface area contributed by atoms with Crippen molar-refractivity contribution in [3.8, 4) is 0 Å². The van der Waals surface area contributed by atoms with Crippen LogP contribution in [0.3, 0.4) is 0 Å². The Labute approximate surface area is 178 Å². The quantitative estimate of drug-likeness (QED) is 0.240. The molecule has 0 spiro atoms. The van der Waals surface area contributed by atoms with Gasteiger partial charge in [-0.2, -0.15) is 0 Å². The zero-order valence-electron chi connectivity index (χ0n) is 14.2. The van der Waals surface area contributed by atoms with Gasteiger partial charge in [0.2, 0.25) is 0 Å². The predicted molar refractivity (Wildman–Crippen MR) is 85.8 cm³/mol. The van der Waals surface area contributed by atoms with Crippen molar-refractivity contribution in [1.29, 1.82) is 0 Å². The van der Waals surface area contributed by atoms with Crippen molar-refractivity contribution in [2.75, 3.05) is 0 Å². The van der Waals surface area contributed by atoms with Gasteiger partial charge in [0, 0.05) is 6.42 Å². The average molecular weight is 333 g/mol. The Morgan fingerprint density at radius 3 is 2.32 bits per heavy atom. The van der Waals surface area contributed by atoms with E-state index in [2.05, 4.69) is 12.2 Å². The number of carboxylic acids is 1. The maximum absolute atomic E-state index is 11.2. The first-order valence-electron chi connectivity index (χ1n) is 8.04. The maximum atomic E-state index is 11.2. The van der Waals surface area contributed by atoms with E-state index in [0.29, 0.717) is 12.8 Å². The van der Waals surface area contributed by atoms with Crippen molar-refractivity contribution in [3.05, 3.63) is 36.1 Å². The fraction of sp³-hybridized carbons (Fsp3) is 0.611. The monoisotopic (exact) mass is 332 g/mol. The smallest absolute Gasteiger partial charge is 0.875 e. The Kier molecular flexibility index (Phi) is 21.2. The van der Waals surface area contributed by atoms with E-state index in [9.17, 15) is 9.90 Å². The van der Waals surface area contributed by atoms with Crippen molar-refractivity contribution < 1.29 is 66.4 Å². The van der Waals surface area contributed by atoms with Crippen LogP contribution >= 0.6 is 0 Å². The molecule has 0 saturated carbocycles. The molecule has 4 heteroatoms. The zero-order valence-corrected chi connectivity index (χ0v) is 17.3. The average Bonchev–Trinajstić information content (AvgIpc) is 2.44. The van der Waals surface area contributed by atoms with Crippen LogP contribution in [-0.2, 0) is 4.79 Å². The topological polar surface area (TPSA) is 60.4 Å². The molecule has 0 radical (unpaired) electrons. The molecule has 0 bridgehead atoms. The minimum Gasteiger partial charge on any atom is -0.875 e. The SMILES string of the molecule is CC/C=C(/[O-])C/C=C\C/C=C\CCCCCCCC(=O)O.[K+]. The Hall–Kier alpha value is 0.126. The molecule has 22 heavy (non-hydrogen) atoms. The third kappa shape index (κ3) is 20.1. The van der Waals surface area contributed by atoms with Gasteiger partial charge in [-0.25, -0.2) is 0 Å². The first-order valence-corrected chi connectivity index (χ1v) is 8.04. The summed E-state index contributed by atoms with van der Waals surface area (Å²) in [5.74, 6) is -0.499. The second kappa shape index (κ2) is 19.2. The fourth-order valence-corrected chi connectivity index (χ4v) is 1.97. The molecule has 0 atom stereocenters. The number of hydrogen-bond donors (Lipinski definition) is 1. The molecule has 0 aliphatic carbocycles. The third-order valence-corrected chi connectivity index (χ3v) is 3.12. The van der Waals surface area contributed by atoms with Crippen LogP contribution in [0.25, 0.3) is 0 Å². The summed E-state index contributed by atoms with van der Waals surface area (Å²) in [4.78, 5) is 10.3. The zero-order chi connectivity index (χ0) is 15.8. The second-order valence-corrected chi connectivity index (χ2v) is 5.16. The first kappa shape index (κ1) is 24.4. The van der Waals surface area contributed by atoms with Crippen LogP contribution in [0.2, 0.25) is 0 Å². The minimum atomic E-state index is -0.694. The van der Waals surface area contributed by atoms with Crippen molar-refractivity contribution in [1.82, 2.24) is 0 Å². The molecule has 0 aromatic rings. The summed E-state index contributed by atoms with van der Waals surface area (Å²) in [6.07, 6.45) is 18.8. The van der Waals surface area contributed by atoms with Crippen molar-refractivity contribution >= 4 is 5.97 Å². The van der Waals surface area contributed by atoms with Gasteiger partial charge >= 0.3 is 57.4 Å². The minimum absolute atomic E-state index is 0. The van der Waals surface area contributed by atoms with Crippen LogP contribution in [0.15, 0.2) is 36.1 Å². The van der Waals surface area contributed by atoms with E-state index in [1.54, 1.807) is 6.08 Å². The Bertz CT molecular complexity index is 346. The van der Waals surface area contributed by atoms with E-state index in [1.807, 2.05) is 19.1 Å². The summed E-state index contributed by atoms with van der Waals surface area (Å²) >= 11 is 0. The molecule has 0 amide bonds. The van der Waals surface area contributed by atoms with Crippen LogP contribution in [0.1, 0.15) is 71.1 Å². The standard InChI is InChI=1S/C18H30O3.K/c1-2-14-17(19)15-12-10-8-6-4-3-5-7-9-11-13-16-18(20)21;/h4,6,10,12,14,19H,2-3,5,7-9,11,13,15-16H2,1H3,(H,20,21);/q;+1/p-1/b6-4-,12-10-,17-14+;. The van der Waals surface area contributed by atoms with Gasteiger partial charge in [-0.15, -0.1) is 5.76 Å². The van der Waals surface area contributed by atoms with Gasteiger partial charge in [0.05, 0.1) is 0 Å². The van der Waals surface area contributed by atoms with Gasteiger partial charge in [0.1, 0.15) is 0 Å². The summed E-state index contributed by atoms with van der Waals surface area (Å²) in [6.45, 7) is 1.97. The van der Waals surface area contributed by atoms with Gasteiger partial charge < -0.3 is 10.2 Å². The third-order valence-electron chi connectivity index (χ3n) is 3.12. The molecule has 0 aromatic carbocycles. The number of hydrogen-bond acceptors (Lipinski definition) is 2. The molecule has 0 heterocycles. The molecule has 0 unspecified atom stereocenters. The summed E-state index contributed by atoms with van der Waals surface area (Å²) < 4.78 is 0. The number of unbranched alkanes of at least 4 members (excludes halogenated alkanes) is 5. The van der Waals surface area contributed by atoms with Crippen molar-refractivity contribution in [2.45, 2.75) is 71.1 Å². The van der Waals surface area contributed by atoms with E-state index in [0.717, 1.165) is 44.9 Å². The maximum Gasteiger partial charge on any atom is 1.00 e. The summed E-state index contributed by atoms with van der Waals surface area (Å²) in [5.41, 5.74) is 0. The van der Waals surface area contributed by atoms with Crippen LogP contribution in [0.4, 0.5) is 0 Å². The molecule has 0 aliphatic heterocycles. The normalized spacial score (nSPS) is 12.0. The molecule has 0 rings (SSSR count). The molecule has 1 N–H and O–H groups in total. The number of carboxylic acid groups (broad SMARTS) is 1. The molecule has 0 fully saturated rings. The fourth-order valence-electron chi connectivity index (χ4n) is 1.97. The Balaban J connectivity index is 0. The van der Waals surface area contributed by atoms with E-state index >= 15 is 0 Å². The molecule has 0 aromatic heterocycles. The van der Waals surface area contributed by atoms with E-state index in [4.69, 9.17) is 5.11 Å². The summed E-state index contributed by atoms with van der Waals surface area (Å²) in [5, 5.41) is 19.7. The molecule has 0 aliphatic rings. The number of allylic oxidation sites excluding steroid dienone is 5. The number of aliphatic carboxylic acids is 1. The molecular formula is C18H29KO3. The Morgan fingerprint density at radius 2 is 1.64 bits per heavy atom. The van der Waals surface area contributed by atoms with Gasteiger partial charge in [0.15, 0.2) is 0 Å². The number of rotatable bonds is 13. The summed E-state index contributed by atoms with van der Waals surface area (Å²) in [7, 11) is 0. The molecule has 0 saturated heterocycles. The largest absolute Gasteiger partial charge is 1.00 e. The van der Waals surface area contributed by atoms with Crippen molar-refractivity contribution in [2.24, 2.45) is 0 Å². The molecular weight excluding hydrogens is 303 g/mol. The van der Waals surface area contributed by atoms with Gasteiger partial charge in [-0.05, 0) is 38.5 Å². The predicted octanol–water partition coefficient (Wildman–Crippen LogP) is 1.35. The van der Waals surface area contributed by atoms with Crippen molar-refractivity contribution in [3.63, 3.8) is 0 Å². The number of carbonyl (C=O) groups is 1.